The van der Waals surface area contributed by atoms with E-state index in [1.807, 2.05) is 6.92 Å². The molecule has 110 valence electrons. The Balaban J connectivity index is 3.10. The van der Waals surface area contributed by atoms with Crippen molar-refractivity contribution in [2.24, 2.45) is 0 Å². The molecule has 6 nitrogen and oxygen atoms in total. The zero-order valence-electron chi connectivity index (χ0n) is 11.5. The van der Waals surface area contributed by atoms with Gasteiger partial charge in [0.2, 0.25) is 0 Å². The number of amides is 1. The third-order valence-corrected chi connectivity index (χ3v) is 2.71. The second-order valence-electron chi connectivity index (χ2n) is 4.25. The molecule has 0 saturated heterocycles. The average molecular weight is 283 g/mol. The largest absolute Gasteiger partial charge is 0.383 e. The molecule has 1 amide bonds. The molecular formula is C13H18FN3O3. The van der Waals surface area contributed by atoms with Crippen molar-refractivity contribution in [1.82, 2.24) is 5.32 Å². The molecule has 20 heavy (non-hydrogen) atoms. The maximum Gasteiger partial charge on any atom is 0.285 e. The van der Waals surface area contributed by atoms with Gasteiger partial charge in [-0.3, -0.25) is 14.9 Å². The molecule has 0 aliphatic heterocycles. The van der Waals surface area contributed by atoms with Gasteiger partial charge >= 0.3 is 0 Å². The van der Waals surface area contributed by atoms with Gasteiger partial charge in [0.25, 0.3) is 11.6 Å². The van der Waals surface area contributed by atoms with E-state index in [-0.39, 0.29) is 11.3 Å². The lowest BCUT2D eigenvalue weighted by Crippen LogP contribution is -2.25. The van der Waals surface area contributed by atoms with Crippen LogP contribution in [0.1, 0.15) is 37.0 Å². The summed E-state index contributed by atoms with van der Waals surface area (Å²) in [6.07, 6.45) is 1.68. The number of hydrogen-bond acceptors (Lipinski definition) is 4. The highest BCUT2D eigenvalue weighted by molar-refractivity contribution is 5.99. The van der Waals surface area contributed by atoms with Crippen molar-refractivity contribution in [1.29, 1.82) is 0 Å². The maximum atomic E-state index is 13.6. The summed E-state index contributed by atoms with van der Waals surface area (Å²) in [5, 5.41) is 16.2. The van der Waals surface area contributed by atoms with E-state index in [2.05, 4.69) is 10.6 Å². The van der Waals surface area contributed by atoms with Gasteiger partial charge in [-0.1, -0.05) is 13.3 Å². The zero-order chi connectivity index (χ0) is 15.1. The Morgan fingerprint density at radius 1 is 1.40 bits per heavy atom. The summed E-state index contributed by atoms with van der Waals surface area (Å²) in [4.78, 5) is 22.1. The minimum Gasteiger partial charge on any atom is -0.383 e. The zero-order valence-corrected chi connectivity index (χ0v) is 11.5. The number of unbranched alkanes of at least 4 members (excludes halogenated alkanes) is 1. The summed E-state index contributed by atoms with van der Waals surface area (Å²) in [5.74, 6) is -1.31. The SMILES string of the molecule is CCCCNC(=O)c1cc(NCC)c(F)cc1[N+](=O)[O-]. The number of rotatable bonds is 7. The quantitative estimate of drug-likeness (QED) is 0.458. The maximum absolute atomic E-state index is 13.6. The van der Waals surface area contributed by atoms with Crippen LogP contribution in [0.15, 0.2) is 12.1 Å². The molecule has 1 aromatic rings. The van der Waals surface area contributed by atoms with Gasteiger partial charge in [0.1, 0.15) is 5.56 Å². The van der Waals surface area contributed by atoms with Crippen molar-refractivity contribution in [3.05, 3.63) is 33.6 Å². The van der Waals surface area contributed by atoms with Crippen LogP contribution in [0.4, 0.5) is 15.8 Å². The highest BCUT2D eigenvalue weighted by Gasteiger charge is 2.23. The Morgan fingerprint density at radius 2 is 2.10 bits per heavy atom. The molecule has 0 unspecified atom stereocenters. The normalized spacial score (nSPS) is 10.2. The number of benzene rings is 1. The molecule has 0 fully saturated rings. The lowest BCUT2D eigenvalue weighted by Gasteiger charge is -2.09. The standard InChI is InChI=1S/C13H18FN3O3/c1-3-5-6-16-13(18)9-7-11(15-4-2)10(14)8-12(9)17(19)20/h7-8,15H,3-6H2,1-2H3,(H,16,18). The summed E-state index contributed by atoms with van der Waals surface area (Å²) in [6, 6.07) is 1.95. The van der Waals surface area contributed by atoms with E-state index in [0.29, 0.717) is 13.1 Å². The molecule has 0 radical (unpaired) electrons. The number of anilines is 1. The summed E-state index contributed by atoms with van der Waals surface area (Å²) in [6.45, 7) is 4.61. The molecule has 0 spiro atoms. The molecule has 0 bridgehead atoms. The van der Waals surface area contributed by atoms with E-state index >= 15 is 0 Å². The van der Waals surface area contributed by atoms with Crippen LogP contribution < -0.4 is 10.6 Å². The van der Waals surface area contributed by atoms with Crippen molar-refractivity contribution in [3.8, 4) is 0 Å². The van der Waals surface area contributed by atoms with Gasteiger partial charge < -0.3 is 10.6 Å². The molecule has 0 aliphatic rings. The van der Waals surface area contributed by atoms with Crippen molar-refractivity contribution < 1.29 is 14.1 Å². The molecule has 0 aromatic heterocycles. The summed E-state index contributed by atoms with van der Waals surface area (Å²) >= 11 is 0. The van der Waals surface area contributed by atoms with Gasteiger partial charge in [-0.2, -0.15) is 0 Å². The van der Waals surface area contributed by atoms with E-state index < -0.39 is 22.3 Å². The smallest absolute Gasteiger partial charge is 0.285 e. The fraction of sp³-hybridized carbons (Fsp3) is 0.462. The van der Waals surface area contributed by atoms with Crippen molar-refractivity contribution >= 4 is 17.3 Å². The number of carbonyl (C=O) groups is 1. The topological polar surface area (TPSA) is 84.3 Å². The Labute approximate surface area is 116 Å². The predicted octanol–water partition coefficient (Wildman–Crippen LogP) is 2.70. The van der Waals surface area contributed by atoms with Gasteiger partial charge in [-0.25, -0.2) is 4.39 Å². The molecule has 1 rings (SSSR count). The molecule has 7 heteroatoms. The van der Waals surface area contributed by atoms with Crippen LogP contribution in [0.3, 0.4) is 0 Å². The molecule has 2 N–H and O–H groups in total. The van der Waals surface area contributed by atoms with E-state index in [1.165, 1.54) is 6.07 Å². The fourth-order valence-electron chi connectivity index (χ4n) is 1.70. The average Bonchev–Trinajstić information content (AvgIpc) is 2.40. The Bertz CT molecular complexity index is 506. The second-order valence-corrected chi connectivity index (χ2v) is 4.25. The Kier molecular flexibility index (Phi) is 5.89. The van der Waals surface area contributed by atoms with Gasteiger partial charge in [-0.15, -0.1) is 0 Å². The fourth-order valence-corrected chi connectivity index (χ4v) is 1.70. The van der Waals surface area contributed by atoms with Gasteiger partial charge in [0.05, 0.1) is 16.7 Å². The van der Waals surface area contributed by atoms with Crippen LogP contribution in [0.2, 0.25) is 0 Å². The lowest BCUT2D eigenvalue weighted by molar-refractivity contribution is -0.385. The van der Waals surface area contributed by atoms with Gasteiger partial charge in [-0.05, 0) is 19.4 Å². The van der Waals surface area contributed by atoms with Crippen molar-refractivity contribution in [2.75, 3.05) is 18.4 Å². The van der Waals surface area contributed by atoms with Crippen LogP contribution in [0.25, 0.3) is 0 Å². The van der Waals surface area contributed by atoms with E-state index in [9.17, 15) is 19.3 Å². The number of hydrogen-bond donors (Lipinski definition) is 2. The Hall–Kier alpha value is -2.18. The minimum absolute atomic E-state index is 0.0822. The first-order valence-electron chi connectivity index (χ1n) is 6.51. The third-order valence-electron chi connectivity index (χ3n) is 2.71. The summed E-state index contributed by atoms with van der Waals surface area (Å²) < 4.78 is 13.6. The predicted molar refractivity (Wildman–Crippen MR) is 74.5 cm³/mol. The minimum atomic E-state index is -0.756. The van der Waals surface area contributed by atoms with Gasteiger partial charge in [0.15, 0.2) is 5.82 Å². The van der Waals surface area contributed by atoms with E-state index in [4.69, 9.17) is 0 Å². The van der Waals surface area contributed by atoms with E-state index in [1.54, 1.807) is 6.92 Å². The van der Waals surface area contributed by atoms with Crippen molar-refractivity contribution in [2.45, 2.75) is 26.7 Å². The highest BCUT2D eigenvalue weighted by Crippen LogP contribution is 2.26. The monoisotopic (exact) mass is 283 g/mol. The number of nitrogens with one attached hydrogen (secondary N) is 2. The van der Waals surface area contributed by atoms with Crippen LogP contribution in [0.5, 0.6) is 0 Å². The first kappa shape index (κ1) is 15.9. The highest BCUT2D eigenvalue weighted by atomic mass is 19.1. The van der Waals surface area contributed by atoms with E-state index in [0.717, 1.165) is 18.9 Å². The third kappa shape index (κ3) is 3.91. The molecule has 1 aromatic carbocycles. The molecular weight excluding hydrogens is 265 g/mol. The van der Waals surface area contributed by atoms with Gasteiger partial charge in [0, 0.05) is 13.1 Å². The number of nitro benzene ring substituents is 1. The number of nitro groups is 1. The van der Waals surface area contributed by atoms with Crippen LogP contribution in [0, 0.1) is 15.9 Å². The second kappa shape index (κ2) is 7.42. The molecule has 0 atom stereocenters. The molecule has 0 heterocycles. The Morgan fingerprint density at radius 3 is 2.65 bits per heavy atom. The van der Waals surface area contributed by atoms with Crippen LogP contribution >= 0.6 is 0 Å². The van der Waals surface area contributed by atoms with Crippen LogP contribution in [-0.4, -0.2) is 23.9 Å². The first-order valence-corrected chi connectivity index (χ1v) is 6.51. The molecule has 0 saturated carbocycles. The summed E-state index contributed by atoms with van der Waals surface area (Å²) in [7, 11) is 0. The van der Waals surface area contributed by atoms with Crippen molar-refractivity contribution in [3.63, 3.8) is 0 Å². The number of halogens is 1. The number of carbonyl (C=O) groups excluding carboxylic acids is 1. The van der Waals surface area contributed by atoms with Crippen LogP contribution in [-0.2, 0) is 0 Å². The number of nitrogens with zero attached hydrogens (tertiary/aromatic N) is 1. The molecule has 0 aliphatic carbocycles. The lowest BCUT2D eigenvalue weighted by atomic mass is 10.1. The first-order chi connectivity index (χ1) is 9.51. The summed E-state index contributed by atoms with van der Waals surface area (Å²) in [5.41, 5.74) is -0.583.